The molecule has 0 bridgehead atoms. The molecule has 0 spiro atoms. The van der Waals surface area contributed by atoms with Crippen molar-refractivity contribution < 1.29 is 9.53 Å². The zero-order valence-electron chi connectivity index (χ0n) is 34.2. The number of methoxy groups -OCH3 is 1. The van der Waals surface area contributed by atoms with Crippen LogP contribution in [0.3, 0.4) is 0 Å². The fourth-order valence-electron chi connectivity index (χ4n) is 7.73. The fraction of sp³-hybridized carbons (Fsp3) is 0.625. The first-order valence-electron chi connectivity index (χ1n) is 19.3. The normalized spacial score (nSPS) is 42.2. The predicted molar refractivity (Wildman–Crippen MR) is 264 cm³/mol. The molecule has 18 heteroatoms. The number of thioether (sulfide) groups is 8. The number of carbonyl (C=O) groups excluding carboxylic acids is 1. The summed E-state index contributed by atoms with van der Waals surface area (Å²) in [6.07, 6.45) is 0. The molecule has 0 fully saturated rings. The van der Waals surface area contributed by atoms with E-state index in [4.69, 9.17) is 44.7 Å². The standard InChI is InChI=1S/C40H48N8O2S8/c1-33(15-51-24(41-33)23-13-11-10-12-14-23)25-42-34(2,16-52-25)26-43-35(3,17-53-26)27-44-36(4,18-54-27)28-45-37(5,19-55-28)29-46-38(6,20-56-29)30-47-39(7,21-57-30)31-48-40(8,22-58-31)32(49)50-9/h10-14H,15-22H2,1-9H3/t33-,34-,35-,36-,37-,38-,39-,40-/m0/s1. The Bertz CT molecular complexity index is 2230. The molecule has 0 saturated carbocycles. The molecule has 0 amide bonds. The summed E-state index contributed by atoms with van der Waals surface area (Å²) >= 11 is 14.4. The van der Waals surface area contributed by atoms with E-state index in [0.717, 1.165) is 80.6 Å². The zero-order valence-corrected chi connectivity index (χ0v) is 40.7. The van der Waals surface area contributed by atoms with Crippen molar-refractivity contribution in [3.05, 3.63) is 35.9 Å². The van der Waals surface area contributed by atoms with Crippen LogP contribution in [0.4, 0.5) is 0 Å². The molecule has 1 aromatic carbocycles. The van der Waals surface area contributed by atoms with Crippen LogP contribution in [-0.2, 0) is 9.53 Å². The maximum absolute atomic E-state index is 12.5. The molecule has 0 N–H and O–H groups in total. The number of hydrogen-bond acceptors (Lipinski definition) is 18. The maximum atomic E-state index is 12.5. The Labute approximate surface area is 375 Å². The van der Waals surface area contributed by atoms with Crippen LogP contribution in [0.2, 0.25) is 0 Å². The van der Waals surface area contributed by atoms with Crippen LogP contribution in [0.5, 0.6) is 0 Å². The van der Waals surface area contributed by atoms with E-state index in [0.29, 0.717) is 5.75 Å². The number of nitrogens with zero attached hydrogens (tertiary/aromatic N) is 8. The third kappa shape index (κ3) is 7.18. The van der Waals surface area contributed by atoms with E-state index in [9.17, 15) is 4.79 Å². The molecule has 8 atom stereocenters. The molecule has 308 valence electrons. The summed E-state index contributed by atoms with van der Waals surface area (Å²) in [6, 6.07) is 10.5. The molecule has 0 saturated heterocycles. The van der Waals surface area contributed by atoms with Gasteiger partial charge in [-0.15, -0.1) is 94.1 Å². The minimum Gasteiger partial charge on any atom is -0.467 e. The van der Waals surface area contributed by atoms with Crippen molar-refractivity contribution in [1.29, 1.82) is 0 Å². The smallest absolute Gasteiger partial charge is 0.334 e. The minimum absolute atomic E-state index is 0.301. The summed E-state index contributed by atoms with van der Waals surface area (Å²) in [5.41, 5.74) is -2.51. The first-order chi connectivity index (χ1) is 27.3. The van der Waals surface area contributed by atoms with Gasteiger partial charge in [-0.25, -0.2) is 4.79 Å². The van der Waals surface area contributed by atoms with Gasteiger partial charge in [0.2, 0.25) is 0 Å². The highest BCUT2D eigenvalue weighted by molar-refractivity contribution is 8.19. The molecule has 8 aliphatic heterocycles. The average Bonchev–Trinajstić information content (AvgIpc) is 4.05. The molecular weight excluding hydrogens is 881 g/mol. The largest absolute Gasteiger partial charge is 0.467 e. The highest BCUT2D eigenvalue weighted by Gasteiger charge is 2.54. The molecule has 0 aliphatic carbocycles. The lowest BCUT2D eigenvalue weighted by molar-refractivity contribution is -0.145. The molecule has 10 nitrogen and oxygen atoms in total. The molecule has 1 aromatic rings. The van der Waals surface area contributed by atoms with Gasteiger partial charge in [0.15, 0.2) is 5.54 Å². The van der Waals surface area contributed by atoms with Crippen LogP contribution in [0.25, 0.3) is 0 Å². The first-order valence-corrected chi connectivity index (χ1v) is 27.2. The number of rotatable bonds is 9. The van der Waals surface area contributed by atoms with E-state index in [-0.39, 0.29) is 17.0 Å². The minimum atomic E-state index is -0.864. The second-order valence-corrected chi connectivity index (χ2v) is 25.4. The van der Waals surface area contributed by atoms with Crippen molar-refractivity contribution in [2.45, 2.75) is 99.7 Å². The van der Waals surface area contributed by atoms with Crippen LogP contribution in [0, 0.1) is 0 Å². The quantitative estimate of drug-likeness (QED) is 0.223. The van der Waals surface area contributed by atoms with Crippen molar-refractivity contribution in [2.75, 3.05) is 53.1 Å². The van der Waals surface area contributed by atoms with E-state index in [2.05, 4.69) is 78.8 Å². The van der Waals surface area contributed by atoms with Crippen LogP contribution in [0.1, 0.15) is 61.0 Å². The molecule has 58 heavy (non-hydrogen) atoms. The van der Waals surface area contributed by atoms with Crippen molar-refractivity contribution in [3.8, 4) is 0 Å². The van der Waals surface area contributed by atoms with Gasteiger partial charge in [0.1, 0.15) is 38.8 Å². The fourth-order valence-corrected chi connectivity index (χ4v) is 18.7. The van der Waals surface area contributed by atoms with Crippen molar-refractivity contribution in [3.63, 3.8) is 0 Å². The molecular formula is C40H48N8O2S8. The van der Waals surface area contributed by atoms with Crippen molar-refractivity contribution in [2.24, 2.45) is 39.9 Å². The number of hydrogen-bond donors (Lipinski definition) is 0. The zero-order chi connectivity index (χ0) is 41.0. The molecule has 0 unspecified atom stereocenters. The number of esters is 1. The Morgan fingerprint density at radius 2 is 0.724 bits per heavy atom. The van der Waals surface area contributed by atoms with Gasteiger partial charge >= 0.3 is 5.97 Å². The Hall–Kier alpha value is -1.15. The monoisotopic (exact) mass is 928 g/mol. The highest BCUT2D eigenvalue weighted by atomic mass is 32.2. The number of carbonyl (C=O) groups is 1. The van der Waals surface area contributed by atoms with Gasteiger partial charge in [-0.1, -0.05) is 30.3 Å². The summed E-state index contributed by atoms with van der Waals surface area (Å²) in [5.74, 6) is 6.20. The van der Waals surface area contributed by atoms with Gasteiger partial charge in [-0.2, -0.15) is 0 Å². The lowest BCUT2D eigenvalue weighted by Crippen LogP contribution is -2.36. The number of aliphatic imine (C=N–C) groups is 8. The summed E-state index contributed by atoms with van der Waals surface area (Å²) in [5, 5.41) is 8.52. The van der Waals surface area contributed by atoms with Gasteiger partial charge in [0.25, 0.3) is 0 Å². The lowest BCUT2D eigenvalue weighted by atomic mass is 10.0. The molecule has 0 aromatic heterocycles. The Balaban J connectivity index is 0.903. The summed E-state index contributed by atoms with van der Waals surface area (Å²) in [6.45, 7) is 17.4. The van der Waals surface area contributed by atoms with Crippen LogP contribution in [0.15, 0.2) is 70.3 Å². The lowest BCUT2D eigenvalue weighted by Gasteiger charge is -2.22. The third-order valence-corrected chi connectivity index (χ3v) is 23.5. The predicted octanol–water partition coefficient (Wildman–Crippen LogP) is 8.44. The SMILES string of the molecule is COC(=O)[C@]1(C)CSC([C@]2(C)CSC([C@]3(C)CSC([C@]4(C)CSC([C@]5(C)CSC([C@]6(C)CSC([C@]7(C)CSC([C@]8(C)CSC(c9ccccc9)=N8)=N7)=N6)=N5)=N4)=N3)=N2)=N1. The van der Waals surface area contributed by atoms with E-state index in [1.807, 2.05) is 77.5 Å². The van der Waals surface area contributed by atoms with Gasteiger partial charge in [-0.3, -0.25) is 39.9 Å². The van der Waals surface area contributed by atoms with E-state index in [1.165, 1.54) is 12.7 Å². The van der Waals surface area contributed by atoms with E-state index in [1.54, 1.807) is 23.5 Å². The topological polar surface area (TPSA) is 125 Å². The third-order valence-electron chi connectivity index (χ3n) is 11.6. The summed E-state index contributed by atoms with van der Waals surface area (Å²) in [7, 11) is 1.42. The number of ether oxygens (including phenoxy) is 1. The van der Waals surface area contributed by atoms with Crippen LogP contribution >= 0.6 is 94.1 Å². The summed E-state index contributed by atoms with van der Waals surface area (Å²) in [4.78, 5) is 54.9. The van der Waals surface area contributed by atoms with Gasteiger partial charge in [-0.05, 0) is 55.4 Å². The molecule has 8 aliphatic rings. The van der Waals surface area contributed by atoms with Gasteiger partial charge in [0, 0.05) is 51.6 Å². The van der Waals surface area contributed by atoms with Gasteiger partial charge in [0.05, 0.1) is 47.5 Å². The molecule has 9 rings (SSSR count). The Kier molecular flexibility index (Phi) is 10.7. The van der Waals surface area contributed by atoms with Crippen molar-refractivity contribution in [1.82, 2.24) is 0 Å². The number of benzene rings is 1. The molecule has 0 radical (unpaired) electrons. The Morgan fingerprint density at radius 1 is 0.431 bits per heavy atom. The molecule has 8 heterocycles. The van der Waals surface area contributed by atoms with Gasteiger partial charge < -0.3 is 4.74 Å². The Morgan fingerprint density at radius 3 is 1.07 bits per heavy atom. The second-order valence-electron chi connectivity index (χ2n) is 17.7. The van der Waals surface area contributed by atoms with E-state index < -0.39 is 33.2 Å². The highest BCUT2D eigenvalue weighted by Crippen LogP contribution is 2.50. The second kappa shape index (κ2) is 14.7. The average molecular weight is 929 g/mol. The first kappa shape index (κ1) is 42.2. The van der Waals surface area contributed by atoms with Crippen molar-refractivity contribution >= 4 is 140 Å². The maximum Gasteiger partial charge on any atom is 0.334 e. The van der Waals surface area contributed by atoms with E-state index >= 15 is 0 Å². The van der Waals surface area contributed by atoms with Crippen LogP contribution in [-0.4, -0.2) is 144 Å². The summed E-state index contributed by atoms with van der Waals surface area (Å²) < 4.78 is 5.05. The van der Waals surface area contributed by atoms with Crippen LogP contribution < -0.4 is 0 Å².